The van der Waals surface area contributed by atoms with Crippen LogP contribution < -0.4 is 10.2 Å². The molecule has 0 aliphatic carbocycles. The largest absolute Gasteiger partial charge is 0.465 e. The van der Waals surface area contributed by atoms with Crippen molar-refractivity contribution in [3.8, 4) is 6.07 Å². The van der Waals surface area contributed by atoms with Gasteiger partial charge in [-0.1, -0.05) is 23.7 Å². The molecule has 140 valence electrons. The van der Waals surface area contributed by atoms with Crippen molar-refractivity contribution in [3.05, 3.63) is 58.9 Å². The predicted octanol–water partition coefficient (Wildman–Crippen LogP) is 3.96. The summed E-state index contributed by atoms with van der Waals surface area (Å²) in [5.41, 5.74) is 2.30. The van der Waals surface area contributed by atoms with E-state index in [-0.39, 0.29) is 5.02 Å². The van der Waals surface area contributed by atoms with Crippen molar-refractivity contribution in [2.75, 3.05) is 36.4 Å². The third-order valence-electron chi connectivity index (χ3n) is 4.50. The van der Waals surface area contributed by atoms with Crippen LogP contribution in [0.25, 0.3) is 0 Å². The highest BCUT2D eigenvalue weighted by molar-refractivity contribution is 6.31. The van der Waals surface area contributed by atoms with E-state index in [2.05, 4.69) is 16.3 Å². The molecular formula is C19H18ClFN4O2. The van der Waals surface area contributed by atoms with Gasteiger partial charge in [0.25, 0.3) is 0 Å². The second kappa shape index (κ2) is 8.14. The van der Waals surface area contributed by atoms with E-state index in [9.17, 15) is 14.4 Å². The molecule has 0 radical (unpaired) electrons. The molecule has 6 nitrogen and oxygen atoms in total. The van der Waals surface area contributed by atoms with Gasteiger partial charge in [0.1, 0.15) is 11.9 Å². The lowest BCUT2D eigenvalue weighted by molar-refractivity contribution is 0.142. The number of hydrogen-bond acceptors (Lipinski definition) is 4. The van der Waals surface area contributed by atoms with E-state index in [1.54, 1.807) is 0 Å². The molecule has 8 heteroatoms. The summed E-state index contributed by atoms with van der Waals surface area (Å²) in [6, 6.07) is 13.3. The van der Waals surface area contributed by atoms with Crippen LogP contribution in [0.4, 0.5) is 20.6 Å². The molecule has 0 saturated carbocycles. The topological polar surface area (TPSA) is 79.6 Å². The third kappa shape index (κ3) is 4.41. The highest BCUT2D eigenvalue weighted by atomic mass is 35.5. The fourth-order valence-corrected chi connectivity index (χ4v) is 3.16. The zero-order chi connectivity index (χ0) is 19.4. The Hall–Kier alpha value is -2.98. The number of carbonyl (C=O) groups is 1. The average Bonchev–Trinajstić information content (AvgIpc) is 2.69. The number of piperazine rings is 1. The summed E-state index contributed by atoms with van der Waals surface area (Å²) >= 11 is 5.78. The number of amides is 1. The van der Waals surface area contributed by atoms with Crippen molar-refractivity contribution in [1.29, 1.82) is 5.26 Å². The average molecular weight is 389 g/mol. The minimum absolute atomic E-state index is 0.00691. The van der Waals surface area contributed by atoms with Crippen LogP contribution in [0.1, 0.15) is 11.6 Å². The Morgan fingerprint density at radius 1 is 1.19 bits per heavy atom. The highest BCUT2D eigenvalue weighted by Crippen LogP contribution is 2.25. The van der Waals surface area contributed by atoms with Gasteiger partial charge in [0.15, 0.2) is 0 Å². The van der Waals surface area contributed by atoms with Crippen LogP contribution in [-0.2, 0) is 0 Å². The molecule has 2 aromatic carbocycles. The minimum atomic E-state index is -0.895. The van der Waals surface area contributed by atoms with Crippen LogP contribution in [0.3, 0.4) is 0 Å². The summed E-state index contributed by atoms with van der Waals surface area (Å²) in [5.74, 6) is -0.511. The molecule has 1 atom stereocenters. The molecule has 1 unspecified atom stereocenters. The van der Waals surface area contributed by atoms with Crippen LogP contribution in [0.15, 0.2) is 42.5 Å². The number of rotatable bonds is 4. The molecule has 2 N–H and O–H groups in total. The summed E-state index contributed by atoms with van der Waals surface area (Å²) in [7, 11) is 0. The molecule has 0 bridgehead atoms. The van der Waals surface area contributed by atoms with Gasteiger partial charge in [0, 0.05) is 37.6 Å². The molecule has 1 aliphatic rings. The Morgan fingerprint density at radius 2 is 1.85 bits per heavy atom. The molecule has 1 aliphatic heterocycles. The van der Waals surface area contributed by atoms with Gasteiger partial charge < -0.3 is 20.2 Å². The van der Waals surface area contributed by atoms with Crippen molar-refractivity contribution >= 4 is 29.1 Å². The number of anilines is 2. The van der Waals surface area contributed by atoms with Crippen molar-refractivity contribution < 1.29 is 14.3 Å². The number of nitrogens with zero attached hydrogens (tertiary/aromatic N) is 3. The van der Waals surface area contributed by atoms with E-state index in [1.165, 1.54) is 23.1 Å². The van der Waals surface area contributed by atoms with E-state index in [4.69, 9.17) is 16.7 Å². The van der Waals surface area contributed by atoms with Crippen LogP contribution in [0.2, 0.25) is 5.02 Å². The first-order chi connectivity index (χ1) is 13.0. The number of carboxylic acid groups (broad SMARTS) is 1. The normalized spacial score (nSPS) is 15.1. The number of nitrogens with one attached hydrogen (secondary N) is 1. The predicted molar refractivity (Wildman–Crippen MR) is 102 cm³/mol. The number of benzene rings is 2. The van der Waals surface area contributed by atoms with E-state index in [0.29, 0.717) is 31.9 Å². The van der Waals surface area contributed by atoms with Gasteiger partial charge in [-0.15, -0.1) is 0 Å². The number of hydrogen-bond donors (Lipinski definition) is 2. The van der Waals surface area contributed by atoms with Gasteiger partial charge in [-0.2, -0.15) is 5.26 Å². The fraction of sp³-hybridized carbons (Fsp3) is 0.263. The Morgan fingerprint density at radius 3 is 2.41 bits per heavy atom. The first-order valence-corrected chi connectivity index (χ1v) is 8.79. The summed E-state index contributed by atoms with van der Waals surface area (Å²) in [4.78, 5) is 14.5. The SMILES string of the molecule is N#CC(Nc1ccc(F)c(Cl)c1)c1ccc(N2CCN(C(=O)O)CC2)cc1. The molecule has 3 rings (SSSR count). The molecule has 0 aromatic heterocycles. The number of halogens is 2. The second-order valence-corrected chi connectivity index (χ2v) is 6.59. The molecule has 27 heavy (non-hydrogen) atoms. The summed E-state index contributed by atoms with van der Waals surface area (Å²) in [6.45, 7) is 2.18. The highest BCUT2D eigenvalue weighted by Gasteiger charge is 2.20. The molecule has 0 spiro atoms. The zero-order valence-corrected chi connectivity index (χ0v) is 15.2. The van der Waals surface area contributed by atoms with Gasteiger partial charge >= 0.3 is 6.09 Å². The van der Waals surface area contributed by atoms with Gasteiger partial charge in [-0.25, -0.2) is 9.18 Å². The van der Waals surface area contributed by atoms with Crippen LogP contribution in [-0.4, -0.2) is 42.3 Å². The van der Waals surface area contributed by atoms with Gasteiger partial charge in [0.2, 0.25) is 0 Å². The van der Waals surface area contributed by atoms with Gasteiger partial charge in [0.05, 0.1) is 11.1 Å². The van der Waals surface area contributed by atoms with Gasteiger partial charge in [-0.05, 0) is 35.9 Å². The Labute approximate surface area is 161 Å². The Kier molecular flexibility index (Phi) is 5.67. The quantitative estimate of drug-likeness (QED) is 0.828. The maximum atomic E-state index is 13.3. The lowest BCUT2D eigenvalue weighted by Gasteiger charge is -2.34. The molecule has 1 amide bonds. The maximum absolute atomic E-state index is 13.3. The Balaban J connectivity index is 1.67. The van der Waals surface area contributed by atoms with E-state index in [0.717, 1.165) is 11.3 Å². The smallest absolute Gasteiger partial charge is 0.407 e. The maximum Gasteiger partial charge on any atom is 0.407 e. The lowest BCUT2D eigenvalue weighted by Crippen LogP contribution is -2.48. The minimum Gasteiger partial charge on any atom is -0.465 e. The summed E-state index contributed by atoms with van der Waals surface area (Å²) < 4.78 is 13.3. The standard InChI is InChI=1S/C19H18ClFN4O2/c20-16-11-14(3-6-17(16)21)23-18(12-22)13-1-4-15(5-2-13)24-7-9-25(10-8-24)19(26)27/h1-6,11,18,23H,7-10H2,(H,26,27). The van der Waals surface area contributed by atoms with Crippen molar-refractivity contribution in [2.45, 2.75) is 6.04 Å². The van der Waals surface area contributed by atoms with Crippen LogP contribution in [0, 0.1) is 17.1 Å². The molecular weight excluding hydrogens is 371 g/mol. The zero-order valence-electron chi connectivity index (χ0n) is 14.4. The number of nitriles is 1. The van der Waals surface area contributed by atoms with E-state index in [1.807, 2.05) is 24.3 Å². The van der Waals surface area contributed by atoms with Crippen LogP contribution >= 0.6 is 11.6 Å². The molecule has 1 heterocycles. The van der Waals surface area contributed by atoms with E-state index >= 15 is 0 Å². The monoisotopic (exact) mass is 388 g/mol. The molecule has 2 aromatic rings. The third-order valence-corrected chi connectivity index (χ3v) is 4.79. The Bertz CT molecular complexity index is 861. The fourth-order valence-electron chi connectivity index (χ4n) is 2.98. The van der Waals surface area contributed by atoms with E-state index < -0.39 is 18.0 Å². The van der Waals surface area contributed by atoms with Crippen molar-refractivity contribution in [1.82, 2.24) is 4.90 Å². The summed E-state index contributed by atoms with van der Waals surface area (Å²) in [5, 5.41) is 21.5. The summed E-state index contributed by atoms with van der Waals surface area (Å²) in [6.07, 6.45) is -0.895. The first kappa shape index (κ1) is 18.8. The second-order valence-electron chi connectivity index (χ2n) is 6.18. The van der Waals surface area contributed by atoms with Crippen molar-refractivity contribution in [3.63, 3.8) is 0 Å². The van der Waals surface area contributed by atoms with Crippen molar-refractivity contribution in [2.24, 2.45) is 0 Å². The lowest BCUT2D eigenvalue weighted by atomic mass is 10.1. The molecule has 1 fully saturated rings. The molecule has 1 saturated heterocycles. The van der Waals surface area contributed by atoms with Gasteiger partial charge in [-0.3, -0.25) is 0 Å². The first-order valence-electron chi connectivity index (χ1n) is 8.42. The van der Waals surface area contributed by atoms with Crippen LogP contribution in [0.5, 0.6) is 0 Å².